The molecule has 0 aliphatic carbocycles. The van der Waals surface area contributed by atoms with Crippen molar-refractivity contribution in [3.63, 3.8) is 0 Å². The van der Waals surface area contributed by atoms with Crippen molar-refractivity contribution in [3.05, 3.63) is 22.7 Å². The molecule has 0 unspecified atom stereocenters. The van der Waals surface area contributed by atoms with E-state index in [-0.39, 0.29) is 11.9 Å². The monoisotopic (exact) mass is 356 g/mol. The van der Waals surface area contributed by atoms with Gasteiger partial charge in [0.15, 0.2) is 11.5 Å². The molecule has 1 aromatic rings. The highest BCUT2D eigenvalue weighted by atomic mass is 35.5. The van der Waals surface area contributed by atoms with E-state index in [0.29, 0.717) is 41.2 Å². The van der Waals surface area contributed by atoms with Gasteiger partial charge in [-0.05, 0) is 37.9 Å². The summed E-state index contributed by atoms with van der Waals surface area (Å²) in [6.45, 7) is 10.3. The number of carbonyl (C=O) groups is 1. The lowest BCUT2D eigenvalue weighted by molar-refractivity contribution is 0.0950. The zero-order chi connectivity index (χ0) is 18.1. The number of ether oxygens (including phenoxy) is 2. The molecule has 5 nitrogen and oxygen atoms in total. The molecular formula is C18H29ClN2O3. The SMILES string of the molecule is CCN[C@H](C)CNC(=O)c1cc(Cl)c(OCCC(C)C)c(OC)c1. The van der Waals surface area contributed by atoms with Crippen molar-refractivity contribution in [2.75, 3.05) is 26.8 Å². The molecule has 1 aromatic carbocycles. The topological polar surface area (TPSA) is 59.6 Å². The van der Waals surface area contributed by atoms with Gasteiger partial charge in [-0.25, -0.2) is 0 Å². The van der Waals surface area contributed by atoms with Crippen molar-refractivity contribution in [2.24, 2.45) is 5.92 Å². The highest BCUT2D eigenvalue weighted by molar-refractivity contribution is 6.32. The van der Waals surface area contributed by atoms with E-state index in [0.717, 1.165) is 13.0 Å². The molecule has 0 saturated heterocycles. The lowest BCUT2D eigenvalue weighted by atomic mass is 10.1. The van der Waals surface area contributed by atoms with E-state index < -0.39 is 0 Å². The first-order valence-electron chi connectivity index (χ1n) is 8.40. The van der Waals surface area contributed by atoms with Crippen molar-refractivity contribution in [2.45, 2.75) is 40.2 Å². The van der Waals surface area contributed by atoms with Gasteiger partial charge < -0.3 is 20.1 Å². The van der Waals surface area contributed by atoms with Gasteiger partial charge in [0.25, 0.3) is 5.91 Å². The van der Waals surface area contributed by atoms with E-state index in [9.17, 15) is 4.79 Å². The molecule has 24 heavy (non-hydrogen) atoms. The maximum atomic E-state index is 12.3. The van der Waals surface area contributed by atoms with E-state index >= 15 is 0 Å². The molecule has 0 spiro atoms. The summed E-state index contributed by atoms with van der Waals surface area (Å²) in [5.74, 6) is 1.31. The van der Waals surface area contributed by atoms with Gasteiger partial charge in [-0.1, -0.05) is 32.4 Å². The predicted molar refractivity (Wildman–Crippen MR) is 98.4 cm³/mol. The van der Waals surface area contributed by atoms with E-state index in [2.05, 4.69) is 24.5 Å². The van der Waals surface area contributed by atoms with Crippen LogP contribution in [0.2, 0.25) is 5.02 Å². The molecule has 0 saturated carbocycles. The van der Waals surface area contributed by atoms with Crippen LogP contribution in [0, 0.1) is 5.92 Å². The lowest BCUT2D eigenvalue weighted by Crippen LogP contribution is -2.38. The Labute approximate surface area is 150 Å². The molecule has 1 rings (SSSR count). The minimum absolute atomic E-state index is 0.186. The minimum Gasteiger partial charge on any atom is -0.493 e. The van der Waals surface area contributed by atoms with Crippen molar-refractivity contribution in [1.82, 2.24) is 10.6 Å². The smallest absolute Gasteiger partial charge is 0.251 e. The maximum Gasteiger partial charge on any atom is 0.251 e. The summed E-state index contributed by atoms with van der Waals surface area (Å²) in [6.07, 6.45) is 0.921. The number of methoxy groups -OCH3 is 1. The fourth-order valence-corrected chi connectivity index (χ4v) is 2.42. The van der Waals surface area contributed by atoms with Gasteiger partial charge in [0.05, 0.1) is 18.7 Å². The Morgan fingerprint density at radius 1 is 1.29 bits per heavy atom. The Bertz CT molecular complexity index is 535. The van der Waals surface area contributed by atoms with Crippen LogP contribution in [0.1, 0.15) is 44.5 Å². The highest BCUT2D eigenvalue weighted by Gasteiger charge is 2.16. The fourth-order valence-electron chi connectivity index (χ4n) is 2.16. The van der Waals surface area contributed by atoms with Gasteiger partial charge in [-0.15, -0.1) is 0 Å². The highest BCUT2D eigenvalue weighted by Crippen LogP contribution is 2.36. The third kappa shape index (κ3) is 6.57. The predicted octanol–water partition coefficient (Wildman–Crippen LogP) is 3.50. The average molecular weight is 357 g/mol. The summed E-state index contributed by atoms with van der Waals surface area (Å²) in [6, 6.07) is 3.47. The standard InChI is InChI=1S/C18H29ClN2O3/c1-6-20-13(4)11-21-18(22)14-9-15(19)17(16(10-14)23-5)24-8-7-12(2)3/h9-10,12-13,20H,6-8,11H2,1-5H3,(H,21,22)/t13-/m1/s1. The Kier molecular flexibility index (Phi) is 8.93. The first-order valence-corrected chi connectivity index (χ1v) is 8.78. The summed E-state index contributed by atoms with van der Waals surface area (Å²) < 4.78 is 11.1. The summed E-state index contributed by atoms with van der Waals surface area (Å²) in [5.41, 5.74) is 0.455. The van der Waals surface area contributed by atoms with E-state index in [1.807, 2.05) is 13.8 Å². The molecule has 1 amide bonds. The normalized spacial score (nSPS) is 12.1. The molecule has 136 valence electrons. The Balaban J connectivity index is 2.79. The van der Waals surface area contributed by atoms with Gasteiger partial charge in [0, 0.05) is 18.2 Å². The molecule has 0 heterocycles. The van der Waals surface area contributed by atoms with Gasteiger partial charge in [-0.3, -0.25) is 4.79 Å². The maximum absolute atomic E-state index is 12.3. The first-order chi connectivity index (χ1) is 11.4. The molecule has 0 radical (unpaired) electrons. The average Bonchev–Trinajstić information content (AvgIpc) is 2.53. The first kappa shape index (κ1) is 20.6. The number of carbonyl (C=O) groups excluding carboxylic acids is 1. The van der Waals surface area contributed by atoms with Crippen LogP contribution in [0.15, 0.2) is 12.1 Å². The number of nitrogens with one attached hydrogen (secondary N) is 2. The van der Waals surface area contributed by atoms with Crippen molar-refractivity contribution in [1.29, 1.82) is 0 Å². The van der Waals surface area contributed by atoms with Gasteiger partial charge >= 0.3 is 0 Å². The molecule has 0 aromatic heterocycles. The van der Waals surface area contributed by atoms with Gasteiger partial charge in [0.1, 0.15) is 0 Å². The van der Waals surface area contributed by atoms with Crippen molar-refractivity contribution in [3.8, 4) is 11.5 Å². The van der Waals surface area contributed by atoms with E-state index in [4.69, 9.17) is 21.1 Å². The van der Waals surface area contributed by atoms with Crippen LogP contribution < -0.4 is 20.1 Å². The second-order valence-electron chi connectivity index (χ2n) is 6.19. The van der Waals surface area contributed by atoms with Crippen molar-refractivity contribution < 1.29 is 14.3 Å². The lowest BCUT2D eigenvalue weighted by Gasteiger charge is -2.16. The number of halogens is 1. The number of benzene rings is 1. The second kappa shape index (κ2) is 10.4. The summed E-state index contributed by atoms with van der Waals surface area (Å²) in [5, 5.41) is 6.50. The Morgan fingerprint density at radius 3 is 2.58 bits per heavy atom. The Hall–Kier alpha value is -1.46. The van der Waals surface area contributed by atoms with Crippen molar-refractivity contribution >= 4 is 17.5 Å². The Morgan fingerprint density at radius 2 is 2.00 bits per heavy atom. The summed E-state index contributed by atoms with van der Waals surface area (Å²) >= 11 is 6.29. The van der Waals surface area contributed by atoms with Crippen LogP contribution in [0.25, 0.3) is 0 Å². The molecular weight excluding hydrogens is 328 g/mol. The van der Waals surface area contributed by atoms with E-state index in [1.54, 1.807) is 12.1 Å². The third-order valence-corrected chi connectivity index (χ3v) is 3.84. The van der Waals surface area contributed by atoms with Crippen LogP contribution >= 0.6 is 11.6 Å². The van der Waals surface area contributed by atoms with Crippen LogP contribution in [0.5, 0.6) is 11.5 Å². The fraction of sp³-hybridized carbons (Fsp3) is 0.611. The number of hydrogen-bond donors (Lipinski definition) is 2. The molecule has 2 N–H and O–H groups in total. The van der Waals surface area contributed by atoms with E-state index in [1.165, 1.54) is 7.11 Å². The number of hydrogen-bond acceptors (Lipinski definition) is 4. The second-order valence-corrected chi connectivity index (χ2v) is 6.60. The summed E-state index contributed by atoms with van der Waals surface area (Å²) in [7, 11) is 1.54. The molecule has 0 aliphatic heterocycles. The molecule has 0 fully saturated rings. The van der Waals surface area contributed by atoms with Crippen LogP contribution in [-0.4, -0.2) is 38.8 Å². The van der Waals surface area contributed by atoms with Crippen LogP contribution in [-0.2, 0) is 0 Å². The zero-order valence-corrected chi connectivity index (χ0v) is 16.0. The minimum atomic E-state index is -0.186. The number of likely N-dealkylation sites (N-methyl/N-ethyl adjacent to an activating group) is 1. The quantitative estimate of drug-likeness (QED) is 0.673. The number of amides is 1. The number of rotatable bonds is 10. The van der Waals surface area contributed by atoms with Crippen LogP contribution in [0.3, 0.4) is 0 Å². The third-order valence-electron chi connectivity index (χ3n) is 3.55. The summed E-state index contributed by atoms with van der Waals surface area (Å²) in [4.78, 5) is 12.3. The largest absolute Gasteiger partial charge is 0.493 e. The van der Waals surface area contributed by atoms with Crippen LogP contribution in [0.4, 0.5) is 0 Å². The molecule has 0 aliphatic rings. The molecule has 6 heteroatoms. The molecule has 0 bridgehead atoms. The van der Waals surface area contributed by atoms with Gasteiger partial charge in [-0.2, -0.15) is 0 Å². The molecule has 1 atom stereocenters. The van der Waals surface area contributed by atoms with Gasteiger partial charge in [0.2, 0.25) is 0 Å². The zero-order valence-electron chi connectivity index (χ0n) is 15.2.